The summed E-state index contributed by atoms with van der Waals surface area (Å²) in [5.74, 6) is 0. The third kappa shape index (κ3) is 3.49. The van der Waals surface area contributed by atoms with Crippen molar-refractivity contribution >= 4 is 33.1 Å². The van der Waals surface area contributed by atoms with Crippen molar-refractivity contribution in [1.29, 1.82) is 0 Å². The Kier molecular flexibility index (Phi) is 5.08. The lowest BCUT2D eigenvalue weighted by Gasteiger charge is -2.14. The van der Waals surface area contributed by atoms with Crippen molar-refractivity contribution in [2.75, 3.05) is 6.26 Å². The van der Waals surface area contributed by atoms with Gasteiger partial charge in [-0.1, -0.05) is 30.3 Å². The molecule has 0 amide bonds. The number of rotatable bonds is 4. The van der Waals surface area contributed by atoms with E-state index in [0.717, 1.165) is 15.5 Å². The predicted octanol–water partition coefficient (Wildman–Crippen LogP) is 2.88. The normalized spacial score (nSPS) is 12.3. The van der Waals surface area contributed by atoms with E-state index in [1.54, 1.807) is 42.7 Å². The van der Waals surface area contributed by atoms with Gasteiger partial charge in [0, 0.05) is 17.6 Å². The second kappa shape index (κ2) is 8.07. The highest BCUT2D eigenvalue weighted by molar-refractivity contribution is 7.90. The average molecular weight is 443 g/mol. The van der Waals surface area contributed by atoms with Gasteiger partial charge in [-0.25, -0.2) is 14.3 Å². The van der Waals surface area contributed by atoms with Crippen LogP contribution in [0.5, 0.6) is 0 Å². The van der Waals surface area contributed by atoms with Gasteiger partial charge < -0.3 is 4.55 Å². The van der Waals surface area contributed by atoms with E-state index in [1.807, 2.05) is 36.4 Å². The Morgan fingerprint density at radius 2 is 1.81 bits per heavy atom. The third-order valence-electron chi connectivity index (χ3n) is 5.28. The summed E-state index contributed by atoms with van der Waals surface area (Å²) in [4.78, 5) is 36.2. The molecule has 0 saturated heterocycles. The summed E-state index contributed by atoms with van der Waals surface area (Å²) in [6, 6.07) is 21.6. The van der Waals surface area contributed by atoms with Crippen LogP contribution in [0.2, 0.25) is 0 Å². The molecule has 0 aliphatic heterocycles. The van der Waals surface area contributed by atoms with E-state index in [2.05, 4.69) is 9.97 Å². The summed E-state index contributed by atoms with van der Waals surface area (Å²) in [5, 5.41) is 1.30. The molecule has 0 spiro atoms. The van der Waals surface area contributed by atoms with E-state index >= 15 is 0 Å². The van der Waals surface area contributed by atoms with Gasteiger partial charge in [0.1, 0.15) is 6.26 Å². The van der Waals surface area contributed by atoms with Crippen LogP contribution >= 0.6 is 0 Å². The molecule has 32 heavy (non-hydrogen) atoms. The van der Waals surface area contributed by atoms with Crippen molar-refractivity contribution in [3.8, 4) is 5.69 Å². The number of para-hydroxylation sites is 1. The highest BCUT2D eigenvalue weighted by Crippen LogP contribution is 2.17. The average Bonchev–Trinajstić information content (AvgIpc) is 2.82. The molecule has 3 aromatic heterocycles. The largest absolute Gasteiger partial charge is 0.612 e. The summed E-state index contributed by atoms with van der Waals surface area (Å²) in [6.45, 7) is 0.0206. The Labute approximate surface area is 185 Å². The fraction of sp³-hybridized carbons (Fsp3) is 0.0833. The molecule has 0 radical (unpaired) electrons. The van der Waals surface area contributed by atoms with Gasteiger partial charge in [-0.2, -0.15) is 0 Å². The van der Waals surface area contributed by atoms with E-state index < -0.39 is 22.4 Å². The molecule has 7 nitrogen and oxygen atoms in total. The number of hydrogen-bond donors (Lipinski definition) is 0. The molecule has 5 rings (SSSR count). The molecule has 0 bridgehead atoms. The summed E-state index contributed by atoms with van der Waals surface area (Å²) < 4.78 is 14.5. The van der Waals surface area contributed by atoms with Crippen LogP contribution < -0.4 is 11.2 Å². The lowest BCUT2D eigenvalue weighted by atomic mass is 10.2. The second-order valence-corrected chi connectivity index (χ2v) is 8.71. The first-order valence-electron chi connectivity index (χ1n) is 9.92. The molecule has 0 aliphatic rings. The molecular formula is C24H18N4O3S. The molecule has 0 fully saturated rings. The van der Waals surface area contributed by atoms with Gasteiger partial charge in [0.05, 0.1) is 28.8 Å². The van der Waals surface area contributed by atoms with Crippen LogP contribution in [-0.2, 0) is 17.7 Å². The first-order valence-corrected chi connectivity index (χ1v) is 11.5. The fourth-order valence-electron chi connectivity index (χ4n) is 3.72. The van der Waals surface area contributed by atoms with Crippen LogP contribution in [0.1, 0.15) is 5.69 Å². The van der Waals surface area contributed by atoms with Crippen LogP contribution in [0.4, 0.5) is 0 Å². The highest BCUT2D eigenvalue weighted by Gasteiger charge is 2.17. The summed E-state index contributed by atoms with van der Waals surface area (Å²) >= 11 is -1.22. The van der Waals surface area contributed by atoms with Crippen LogP contribution in [0.25, 0.3) is 27.6 Å². The topological polar surface area (TPSA) is 92.8 Å². The predicted molar refractivity (Wildman–Crippen MR) is 125 cm³/mol. The van der Waals surface area contributed by atoms with Crippen LogP contribution in [-0.4, -0.2) is 29.9 Å². The summed E-state index contributed by atoms with van der Waals surface area (Å²) in [7, 11) is 0. The SMILES string of the molecule is C[S+]([O-])c1cccc(-n2c(=O)n(Cc3ccc4ccccc4n3)c(=O)c3cccnc32)c1. The monoisotopic (exact) mass is 442 g/mol. The Morgan fingerprint density at radius 3 is 2.66 bits per heavy atom. The maximum Gasteiger partial charge on any atom is 0.337 e. The van der Waals surface area contributed by atoms with Crippen molar-refractivity contribution in [3.05, 3.63) is 106 Å². The third-order valence-corrected chi connectivity index (χ3v) is 6.20. The molecule has 1 atom stereocenters. The number of fused-ring (bicyclic) bond motifs is 2. The van der Waals surface area contributed by atoms with Crippen LogP contribution in [0.15, 0.2) is 93.5 Å². The van der Waals surface area contributed by atoms with Gasteiger partial charge in [0.15, 0.2) is 10.5 Å². The Bertz CT molecular complexity index is 1590. The van der Waals surface area contributed by atoms with Crippen molar-refractivity contribution < 1.29 is 4.55 Å². The van der Waals surface area contributed by atoms with Gasteiger partial charge >= 0.3 is 5.69 Å². The van der Waals surface area contributed by atoms with Crippen LogP contribution in [0.3, 0.4) is 0 Å². The minimum Gasteiger partial charge on any atom is -0.612 e. The van der Waals surface area contributed by atoms with E-state index in [9.17, 15) is 14.1 Å². The van der Waals surface area contributed by atoms with Crippen molar-refractivity contribution in [1.82, 2.24) is 19.1 Å². The smallest absolute Gasteiger partial charge is 0.337 e. The van der Waals surface area contributed by atoms with E-state index in [4.69, 9.17) is 0 Å². The minimum absolute atomic E-state index is 0.0206. The summed E-state index contributed by atoms with van der Waals surface area (Å²) in [5.41, 5.74) is 1.17. The molecule has 3 heterocycles. The maximum atomic E-state index is 13.5. The molecule has 158 valence electrons. The first kappa shape index (κ1) is 20.2. The van der Waals surface area contributed by atoms with E-state index in [1.165, 1.54) is 10.8 Å². The Morgan fingerprint density at radius 1 is 0.969 bits per heavy atom. The lowest BCUT2D eigenvalue weighted by Crippen LogP contribution is -2.40. The molecule has 0 aliphatic carbocycles. The number of benzene rings is 2. The van der Waals surface area contributed by atoms with Crippen LogP contribution in [0, 0.1) is 0 Å². The molecule has 0 N–H and O–H groups in total. The molecule has 2 aromatic carbocycles. The quantitative estimate of drug-likeness (QED) is 0.399. The maximum absolute atomic E-state index is 13.5. The van der Waals surface area contributed by atoms with Gasteiger partial charge in [-0.3, -0.25) is 14.3 Å². The minimum atomic E-state index is -1.22. The standard InChI is InChI=1S/C24H18N4O3S/c1-32(31)19-8-4-7-18(14-19)28-22-20(9-5-13-25-22)23(29)27(24(28)30)15-17-12-11-16-6-2-3-10-21(16)26-17/h2-14H,15H2,1H3. The number of hydrogen-bond acceptors (Lipinski definition) is 5. The molecular weight excluding hydrogens is 424 g/mol. The molecule has 5 aromatic rings. The first-order chi connectivity index (χ1) is 15.5. The Hall–Kier alpha value is -3.75. The number of pyridine rings is 2. The van der Waals surface area contributed by atoms with Crippen molar-refractivity contribution in [3.63, 3.8) is 0 Å². The van der Waals surface area contributed by atoms with Crippen molar-refractivity contribution in [2.45, 2.75) is 11.4 Å². The van der Waals surface area contributed by atoms with Gasteiger partial charge in [0.2, 0.25) is 0 Å². The molecule has 1 unspecified atom stereocenters. The van der Waals surface area contributed by atoms with E-state index in [0.29, 0.717) is 21.7 Å². The van der Waals surface area contributed by atoms with Gasteiger partial charge in [-0.05, 0) is 47.6 Å². The Balaban J connectivity index is 1.74. The highest BCUT2D eigenvalue weighted by atomic mass is 32.2. The number of aromatic nitrogens is 4. The van der Waals surface area contributed by atoms with Gasteiger partial charge in [-0.15, -0.1) is 0 Å². The second-order valence-electron chi connectivity index (χ2n) is 7.33. The molecule has 8 heteroatoms. The van der Waals surface area contributed by atoms with E-state index in [-0.39, 0.29) is 12.2 Å². The lowest BCUT2D eigenvalue weighted by molar-refractivity contribution is 0.600. The fourth-order valence-corrected chi connectivity index (χ4v) is 4.27. The summed E-state index contributed by atoms with van der Waals surface area (Å²) in [6.07, 6.45) is 3.11. The molecule has 0 saturated carbocycles. The zero-order valence-electron chi connectivity index (χ0n) is 17.1. The zero-order valence-corrected chi connectivity index (χ0v) is 18.0. The van der Waals surface area contributed by atoms with Crippen molar-refractivity contribution in [2.24, 2.45) is 0 Å². The number of nitrogens with zero attached hydrogens (tertiary/aromatic N) is 4. The zero-order chi connectivity index (χ0) is 22.2. The van der Waals surface area contributed by atoms with Gasteiger partial charge in [0.25, 0.3) is 5.56 Å².